The van der Waals surface area contributed by atoms with E-state index in [1.807, 2.05) is 11.1 Å². The lowest BCUT2D eigenvalue weighted by atomic mass is 9.99. The smallest absolute Gasteiger partial charge is 0.228 e. The molecule has 2 aliphatic rings. The van der Waals surface area contributed by atoms with Crippen LogP contribution < -0.4 is 4.90 Å². The minimum Gasteiger partial charge on any atom is -0.296 e. The molecule has 2 aromatic heterocycles. The van der Waals surface area contributed by atoms with Crippen LogP contribution in [-0.2, 0) is 17.8 Å². The van der Waals surface area contributed by atoms with Gasteiger partial charge >= 0.3 is 0 Å². The normalized spacial score (nSPS) is 20.5. The van der Waals surface area contributed by atoms with Crippen molar-refractivity contribution in [2.75, 3.05) is 18.0 Å². The number of aryl methyl sites for hydroxylation is 2. The molecule has 1 atom stereocenters. The van der Waals surface area contributed by atoms with Gasteiger partial charge in [-0.3, -0.25) is 14.6 Å². The third-order valence-electron chi connectivity index (χ3n) is 5.74. The van der Waals surface area contributed by atoms with Crippen molar-refractivity contribution in [2.24, 2.45) is 0 Å². The van der Waals surface area contributed by atoms with Crippen LogP contribution >= 0.6 is 11.3 Å². The number of rotatable bonds is 5. The molecular formula is C21H29N5OS. The zero-order valence-corrected chi connectivity index (χ0v) is 17.9. The number of hydrogen-bond donors (Lipinski definition) is 0. The summed E-state index contributed by atoms with van der Waals surface area (Å²) < 4.78 is 0. The average Bonchev–Trinajstić information content (AvgIpc) is 3.09. The van der Waals surface area contributed by atoms with E-state index in [1.165, 1.54) is 17.7 Å². The van der Waals surface area contributed by atoms with Crippen LogP contribution in [0.4, 0.5) is 5.82 Å². The summed E-state index contributed by atoms with van der Waals surface area (Å²) in [5.74, 6) is 1.94. The summed E-state index contributed by atoms with van der Waals surface area (Å²) in [7, 11) is 0. The van der Waals surface area contributed by atoms with E-state index >= 15 is 0 Å². The Morgan fingerprint density at radius 1 is 1.21 bits per heavy atom. The van der Waals surface area contributed by atoms with Crippen molar-refractivity contribution in [1.82, 2.24) is 19.9 Å². The molecule has 1 saturated heterocycles. The van der Waals surface area contributed by atoms with Crippen LogP contribution in [0.5, 0.6) is 0 Å². The quantitative estimate of drug-likeness (QED) is 0.761. The summed E-state index contributed by atoms with van der Waals surface area (Å²) in [5, 5.41) is 1.11. The first-order valence-electron chi connectivity index (χ1n) is 10.4. The van der Waals surface area contributed by atoms with Gasteiger partial charge < -0.3 is 0 Å². The van der Waals surface area contributed by atoms with Crippen molar-refractivity contribution in [1.29, 1.82) is 0 Å². The van der Waals surface area contributed by atoms with Crippen LogP contribution in [0.3, 0.4) is 0 Å². The molecule has 6 nitrogen and oxygen atoms in total. The zero-order chi connectivity index (χ0) is 19.7. The lowest BCUT2D eigenvalue weighted by Crippen LogP contribution is -2.39. The van der Waals surface area contributed by atoms with E-state index < -0.39 is 0 Å². The highest BCUT2D eigenvalue weighted by atomic mass is 32.1. The Morgan fingerprint density at radius 2 is 2.07 bits per heavy atom. The molecular weight excluding hydrogens is 370 g/mol. The van der Waals surface area contributed by atoms with Gasteiger partial charge in [0.2, 0.25) is 5.91 Å². The third kappa shape index (κ3) is 3.82. The van der Waals surface area contributed by atoms with Gasteiger partial charge in [0.1, 0.15) is 11.6 Å². The number of fused-ring (bicyclic) bond motifs is 1. The molecule has 4 rings (SSSR count). The number of carbonyl (C=O) groups is 1. The van der Waals surface area contributed by atoms with Gasteiger partial charge in [-0.15, -0.1) is 11.3 Å². The van der Waals surface area contributed by atoms with Gasteiger partial charge in [0, 0.05) is 41.8 Å². The first-order chi connectivity index (χ1) is 13.6. The van der Waals surface area contributed by atoms with Gasteiger partial charge in [-0.2, -0.15) is 0 Å². The van der Waals surface area contributed by atoms with Crippen LogP contribution in [0.1, 0.15) is 72.0 Å². The second kappa shape index (κ2) is 8.25. The second-order valence-corrected chi connectivity index (χ2v) is 9.16. The van der Waals surface area contributed by atoms with Crippen LogP contribution in [0, 0.1) is 13.8 Å². The van der Waals surface area contributed by atoms with Crippen LogP contribution in [0.2, 0.25) is 0 Å². The standard InChI is InChI=1S/C21H29N5OS/c1-4-10-26-19(27)9-8-17-14(2)23-20(24-21(17)26)18-7-5-6-11-25(18)13-16-12-22-15(3)28-16/h12,18H,4-11,13H2,1-3H3/t18-/m0/s1. The fourth-order valence-corrected chi connectivity index (χ4v) is 5.18. The summed E-state index contributed by atoms with van der Waals surface area (Å²) in [4.78, 5) is 32.5. The molecule has 0 spiro atoms. The van der Waals surface area contributed by atoms with Crippen molar-refractivity contribution in [2.45, 2.75) is 71.9 Å². The van der Waals surface area contributed by atoms with Gasteiger partial charge in [-0.25, -0.2) is 15.0 Å². The topological polar surface area (TPSA) is 62.2 Å². The number of aromatic nitrogens is 3. The van der Waals surface area contributed by atoms with E-state index in [1.54, 1.807) is 11.3 Å². The van der Waals surface area contributed by atoms with Crippen molar-refractivity contribution >= 4 is 23.1 Å². The van der Waals surface area contributed by atoms with Crippen LogP contribution in [-0.4, -0.2) is 38.8 Å². The van der Waals surface area contributed by atoms with E-state index in [2.05, 4.69) is 30.7 Å². The Balaban J connectivity index is 1.67. The Kier molecular flexibility index (Phi) is 5.73. The second-order valence-electron chi connectivity index (χ2n) is 7.84. The predicted octanol–water partition coefficient (Wildman–Crippen LogP) is 3.97. The number of carbonyl (C=O) groups excluding carboxylic acids is 1. The summed E-state index contributed by atoms with van der Waals surface area (Å²) in [6.45, 7) is 8.92. The maximum atomic E-state index is 12.5. The molecule has 0 aliphatic carbocycles. The fourth-order valence-electron chi connectivity index (χ4n) is 4.36. The molecule has 0 aromatic carbocycles. The predicted molar refractivity (Wildman–Crippen MR) is 112 cm³/mol. The van der Waals surface area contributed by atoms with Gasteiger partial charge in [-0.05, 0) is 46.1 Å². The van der Waals surface area contributed by atoms with E-state index in [-0.39, 0.29) is 11.9 Å². The minimum atomic E-state index is 0.194. The molecule has 2 aromatic rings. The number of likely N-dealkylation sites (tertiary alicyclic amines) is 1. The molecule has 0 bridgehead atoms. The number of anilines is 1. The fraction of sp³-hybridized carbons (Fsp3) is 0.619. The van der Waals surface area contributed by atoms with Crippen molar-refractivity contribution < 1.29 is 4.79 Å². The summed E-state index contributed by atoms with van der Waals surface area (Å²) in [6.07, 6.45) is 7.72. The molecule has 0 radical (unpaired) electrons. The maximum absolute atomic E-state index is 12.5. The molecule has 0 N–H and O–H groups in total. The molecule has 2 aliphatic heterocycles. The summed E-state index contributed by atoms with van der Waals surface area (Å²) in [5.41, 5.74) is 2.19. The molecule has 1 fully saturated rings. The Morgan fingerprint density at radius 3 is 2.82 bits per heavy atom. The number of hydrogen-bond acceptors (Lipinski definition) is 6. The number of thiazole rings is 1. The van der Waals surface area contributed by atoms with Gasteiger partial charge in [0.05, 0.1) is 11.0 Å². The molecule has 0 saturated carbocycles. The summed E-state index contributed by atoms with van der Waals surface area (Å²) >= 11 is 1.77. The monoisotopic (exact) mass is 399 g/mol. The average molecular weight is 400 g/mol. The molecule has 4 heterocycles. The Hall–Kier alpha value is -1.86. The first-order valence-corrected chi connectivity index (χ1v) is 11.2. The SMILES string of the molecule is CCCN1C(=O)CCc2c(C)nc([C@@H]3CCCCN3Cc3cnc(C)s3)nc21. The van der Waals surface area contributed by atoms with E-state index in [0.717, 1.165) is 66.8 Å². The number of amides is 1. The first kappa shape index (κ1) is 19.5. The highest BCUT2D eigenvalue weighted by Gasteiger charge is 2.32. The lowest BCUT2D eigenvalue weighted by molar-refractivity contribution is -0.119. The largest absolute Gasteiger partial charge is 0.296 e. The van der Waals surface area contributed by atoms with E-state index in [0.29, 0.717) is 6.42 Å². The van der Waals surface area contributed by atoms with Gasteiger partial charge in [0.25, 0.3) is 0 Å². The molecule has 1 amide bonds. The highest BCUT2D eigenvalue weighted by Crippen LogP contribution is 2.35. The highest BCUT2D eigenvalue weighted by molar-refractivity contribution is 7.11. The minimum absolute atomic E-state index is 0.194. The maximum Gasteiger partial charge on any atom is 0.228 e. The molecule has 150 valence electrons. The van der Waals surface area contributed by atoms with Gasteiger partial charge in [0.15, 0.2) is 0 Å². The number of nitrogens with zero attached hydrogens (tertiary/aromatic N) is 5. The molecule has 0 unspecified atom stereocenters. The molecule has 7 heteroatoms. The zero-order valence-electron chi connectivity index (χ0n) is 17.1. The Labute approximate surface area is 171 Å². The van der Waals surface area contributed by atoms with Crippen molar-refractivity contribution in [3.63, 3.8) is 0 Å². The van der Waals surface area contributed by atoms with Crippen molar-refractivity contribution in [3.05, 3.63) is 33.2 Å². The van der Waals surface area contributed by atoms with Crippen LogP contribution in [0.25, 0.3) is 0 Å². The van der Waals surface area contributed by atoms with Crippen molar-refractivity contribution in [3.8, 4) is 0 Å². The third-order valence-corrected chi connectivity index (χ3v) is 6.64. The van der Waals surface area contributed by atoms with E-state index in [9.17, 15) is 4.79 Å². The van der Waals surface area contributed by atoms with E-state index in [4.69, 9.17) is 9.97 Å². The Bertz CT molecular complexity index is 864. The van der Waals surface area contributed by atoms with Gasteiger partial charge in [-0.1, -0.05) is 13.3 Å². The lowest BCUT2D eigenvalue weighted by Gasteiger charge is -2.36. The van der Waals surface area contributed by atoms with Crippen LogP contribution in [0.15, 0.2) is 6.20 Å². The number of piperidine rings is 1. The molecule has 28 heavy (non-hydrogen) atoms. The summed E-state index contributed by atoms with van der Waals surface area (Å²) in [6, 6.07) is 0.209.